The summed E-state index contributed by atoms with van der Waals surface area (Å²) in [6.07, 6.45) is 0.828. The number of benzene rings is 1. The van der Waals surface area contributed by atoms with Crippen molar-refractivity contribution in [1.82, 2.24) is 10.2 Å². The van der Waals surface area contributed by atoms with Crippen molar-refractivity contribution in [1.29, 1.82) is 0 Å². The molecule has 6 heteroatoms. The van der Waals surface area contributed by atoms with Crippen LogP contribution in [0.2, 0.25) is 10.0 Å². The van der Waals surface area contributed by atoms with Gasteiger partial charge in [-0.25, -0.2) is 0 Å². The van der Waals surface area contributed by atoms with Crippen molar-refractivity contribution in [3.8, 4) is 0 Å². The lowest BCUT2D eigenvalue weighted by Gasteiger charge is -2.05. The summed E-state index contributed by atoms with van der Waals surface area (Å²) in [5.74, 6) is 0. The lowest BCUT2D eigenvalue weighted by molar-refractivity contribution is 0.986. The fourth-order valence-corrected chi connectivity index (χ4v) is 2.52. The minimum atomic E-state index is 0.659. The molecule has 0 radical (unpaired) electrons. The van der Waals surface area contributed by atoms with E-state index in [1.807, 2.05) is 19.1 Å². The molecule has 0 amide bonds. The molecule has 2 aromatic rings. The summed E-state index contributed by atoms with van der Waals surface area (Å²) in [5, 5.41) is 14.3. The van der Waals surface area contributed by atoms with Gasteiger partial charge in [0.05, 0.1) is 0 Å². The fourth-order valence-electron chi connectivity index (χ4n) is 1.40. The molecular formula is C11H11Cl2N3S. The summed E-state index contributed by atoms with van der Waals surface area (Å²) < 4.78 is 0. The Labute approximate surface area is 114 Å². The molecular weight excluding hydrogens is 277 g/mol. The van der Waals surface area contributed by atoms with Gasteiger partial charge in [0.15, 0.2) is 0 Å². The van der Waals surface area contributed by atoms with E-state index in [2.05, 4.69) is 15.5 Å². The number of rotatable bonds is 4. The van der Waals surface area contributed by atoms with Crippen LogP contribution in [0.25, 0.3) is 0 Å². The molecule has 1 N–H and O–H groups in total. The van der Waals surface area contributed by atoms with Crippen molar-refractivity contribution in [3.63, 3.8) is 0 Å². The molecule has 2 rings (SSSR count). The summed E-state index contributed by atoms with van der Waals surface area (Å²) in [7, 11) is 0. The third kappa shape index (κ3) is 3.56. The maximum Gasteiger partial charge on any atom is 0.205 e. The van der Waals surface area contributed by atoms with Gasteiger partial charge in [-0.1, -0.05) is 40.6 Å². The van der Waals surface area contributed by atoms with Crippen LogP contribution in [0.5, 0.6) is 0 Å². The summed E-state index contributed by atoms with van der Waals surface area (Å²) in [6, 6.07) is 5.54. The van der Waals surface area contributed by atoms with E-state index >= 15 is 0 Å². The highest BCUT2D eigenvalue weighted by atomic mass is 35.5. The quantitative estimate of drug-likeness (QED) is 0.929. The number of nitrogens with zero attached hydrogens (tertiary/aromatic N) is 2. The first kappa shape index (κ1) is 12.6. The molecule has 0 aliphatic heterocycles. The second kappa shape index (κ2) is 5.67. The third-order valence-electron chi connectivity index (χ3n) is 2.21. The van der Waals surface area contributed by atoms with Crippen LogP contribution >= 0.6 is 34.5 Å². The SMILES string of the molecule is Cc1nnc(NCCc2ccc(Cl)cc2Cl)s1. The van der Waals surface area contributed by atoms with Gasteiger partial charge < -0.3 is 5.32 Å². The van der Waals surface area contributed by atoms with Crippen LogP contribution in [0, 0.1) is 6.92 Å². The second-order valence-electron chi connectivity index (χ2n) is 3.54. The maximum atomic E-state index is 6.08. The summed E-state index contributed by atoms with van der Waals surface area (Å²) >= 11 is 13.5. The Bertz CT molecular complexity index is 513. The maximum absolute atomic E-state index is 6.08. The third-order valence-corrected chi connectivity index (χ3v) is 3.60. The molecule has 0 atom stereocenters. The Morgan fingerprint density at radius 3 is 2.76 bits per heavy atom. The van der Waals surface area contributed by atoms with Gasteiger partial charge in [0.2, 0.25) is 5.13 Å². The zero-order valence-corrected chi connectivity index (χ0v) is 11.5. The number of hydrogen-bond acceptors (Lipinski definition) is 4. The predicted octanol–water partition coefficient (Wildman–Crippen LogP) is 3.81. The van der Waals surface area contributed by atoms with Crippen LogP contribution < -0.4 is 5.32 Å². The number of hydrogen-bond donors (Lipinski definition) is 1. The lowest BCUT2D eigenvalue weighted by Crippen LogP contribution is -2.04. The molecule has 0 spiro atoms. The van der Waals surface area contributed by atoms with Crippen molar-refractivity contribution >= 4 is 39.7 Å². The predicted molar refractivity (Wildman–Crippen MR) is 73.3 cm³/mol. The van der Waals surface area contributed by atoms with E-state index in [4.69, 9.17) is 23.2 Å². The monoisotopic (exact) mass is 287 g/mol. The molecule has 0 fully saturated rings. The van der Waals surface area contributed by atoms with Gasteiger partial charge >= 0.3 is 0 Å². The number of anilines is 1. The molecule has 1 aromatic heterocycles. The normalized spacial score (nSPS) is 10.5. The molecule has 0 aliphatic carbocycles. The Morgan fingerprint density at radius 2 is 2.12 bits per heavy atom. The standard InChI is InChI=1S/C11H11Cl2N3S/c1-7-15-16-11(17-7)14-5-4-8-2-3-9(12)6-10(8)13/h2-3,6H,4-5H2,1H3,(H,14,16). The van der Waals surface area contributed by atoms with Crippen LogP contribution in [0.15, 0.2) is 18.2 Å². The topological polar surface area (TPSA) is 37.8 Å². The van der Waals surface area contributed by atoms with Gasteiger partial charge in [-0.05, 0) is 31.0 Å². The molecule has 0 saturated carbocycles. The highest BCUT2D eigenvalue weighted by molar-refractivity contribution is 7.15. The van der Waals surface area contributed by atoms with E-state index in [9.17, 15) is 0 Å². The van der Waals surface area contributed by atoms with Crippen molar-refractivity contribution in [2.75, 3.05) is 11.9 Å². The van der Waals surface area contributed by atoms with Crippen LogP contribution in [-0.4, -0.2) is 16.7 Å². The van der Waals surface area contributed by atoms with Gasteiger partial charge in [0, 0.05) is 16.6 Å². The van der Waals surface area contributed by atoms with E-state index in [0.29, 0.717) is 10.0 Å². The Kier molecular flexibility index (Phi) is 4.20. The van der Waals surface area contributed by atoms with Gasteiger partial charge in [-0.2, -0.15) is 0 Å². The van der Waals surface area contributed by atoms with Gasteiger partial charge in [-0.15, -0.1) is 10.2 Å². The summed E-state index contributed by atoms with van der Waals surface area (Å²) in [6.45, 7) is 2.70. The first-order valence-electron chi connectivity index (χ1n) is 5.13. The molecule has 3 nitrogen and oxygen atoms in total. The average Bonchev–Trinajstić information content (AvgIpc) is 2.68. The minimum Gasteiger partial charge on any atom is -0.360 e. The van der Waals surface area contributed by atoms with E-state index in [1.54, 1.807) is 17.4 Å². The average molecular weight is 288 g/mol. The Morgan fingerprint density at radius 1 is 1.29 bits per heavy atom. The molecule has 0 bridgehead atoms. The van der Waals surface area contributed by atoms with Gasteiger partial charge in [0.1, 0.15) is 5.01 Å². The second-order valence-corrected chi connectivity index (χ2v) is 5.56. The largest absolute Gasteiger partial charge is 0.360 e. The lowest BCUT2D eigenvalue weighted by atomic mass is 10.1. The summed E-state index contributed by atoms with van der Waals surface area (Å²) in [4.78, 5) is 0. The van der Waals surface area contributed by atoms with Crippen molar-refractivity contribution in [3.05, 3.63) is 38.8 Å². The zero-order valence-electron chi connectivity index (χ0n) is 9.20. The van der Waals surface area contributed by atoms with Gasteiger partial charge in [-0.3, -0.25) is 0 Å². The highest BCUT2D eigenvalue weighted by Gasteiger charge is 2.02. The minimum absolute atomic E-state index is 0.659. The smallest absolute Gasteiger partial charge is 0.205 e. The summed E-state index contributed by atoms with van der Waals surface area (Å²) in [5.41, 5.74) is 1.07. The highest BCUT2D eigenvalue weighted by Crippen LogP contribution is 2.21. The number of nitrogens with one attached hydrogen (secondary N) is 1. The number of halogens is 2. The molecule has 0 aliphatic rings. The van der Waals surface area contributed by atoms with Crippen molar-refractivity contribution < 1.29 is 0 Å². The van der Waals surface area contributed by atoms with Crippen LogP contribution in [0.1, 0.15) is 10.6 Å². The Balaban J connectivity index is 1.90. The molecule has 0 saturated heterocycles. The zero-order chi connectivity index (χ0) is 12.3. The van der Waals surface area contributed by atoms with Crippen molar-refractivity contribution in [2.24, 2.45) is 0 Å². The molecule has 90 valence electrons. The van der Waals surface area contributed by atoms with Crippen LogP contribution in [0.4, 0.5) is 5.13 Å². The first-order valence-corrected chi connectivity index (χ1v) is 6.70. The van der Waals surface area contributed by atoms with E-state index in [-0.39, 0.29) is 0 Å². The van der Waals surface area contributed by atoms with Crippen molar-refractivity contribution in [2.45, 2.75) is 13.3 Å². The molecule has 17 heavy (non-hydrogen) atoms. The Hall–Kier alpha value is -0.840. The van der Waals surface area contributed by atoms with E-state index < -0.39 is 0 Å². The van der Waals surface area contributed by atoms with Crippen LogP contribution in [0.3, 0.4) is 0 Å². The van der Waals surface area contributed by atoms with Crippen LogP contribution in [-0.2, 0) is 6.42 Å². The number of aromatic nitrogens is 2. The fraction of sp³-hybridized carbons (Fsp3) is 0.273. The van der Waals surface area contributed by atoms with Gasteiger partial charge in [0.25, 0.3) is 0 Å². The molecule has 1 heterocycles. The molecule has 1 aromatic carbocycles. The van der Waals surface area contributed by atoms with E-state index in [1.165, 1.54) is 0 Å². The number of aryl methyl sites for hydroxylation is 1. The molecule has 0 unspecified atom stereocenters. The van der Waals surface area contributed by atoms with E-state index in [0.717, 1.165) is 28.7 Å². The first-order chi connectivity index (χ1) is 8.15.